The van der Waals surface area contributed by atoms with Gasteiger partial charge >= 0.3 is 0 Å². The molecule has 25 heavy (non-hydrogen) atoms. The zero-order valence-corrected chi connectivity index (χ0v) is 14.2. The van der Waals surface area contributed by atoms with Crippen molar-refractivity contribution < 1.29 is 9.84 Å². The van der Waals surface area contributed by atoms with Gasteiger partial charge in [0.25, 0.3) is 0 Å². The van der Waals surface area contributed by atoms with Crippen LogP contribution in [-0.4, -0.2) is 14.9 Å². The van der Waals surface area contributed by atoms with Crippen molar-refractivity contribution in [1.29, 1.82) is 5.26 Å². The van der Waals surface area contributed by atoms with E-state index in [2.05, 4.69) is 11.2 Å². The minimum Gasteiger partial charge on any atom is -0.487 e. The van der Waals surface area contributed by atoms with Crippen LogP contribution in [0.25, 0.3) is 5.69 Å². The SMILES string of the molecule is Cc1nn(-c2ccccc2)c(COc2ccc(C(C)O)cc2)c1C#N. The topological polar surface area (TPSA) is 71.1 Å². The van der Waals surface area contributed by atoms with Crippen molar-refractivity contribution in [2.75, 3.05) is 0 Å². The summed E-state index contributed by atoms with van der Waals surface area (Å²) in [5.41, 5.74) is 3.63. The number of aliphatic hydroxyl groups excluding tert-OH is 1. The normalized spacial score (nSPS) is 11.8. The van der Waals surface area contributed by atoms with Crippen LogP contribution in [-0.2, 0) is 6.61 Å². The lowest BCUT2D eigenvalue weighted by Gasteiger charge is -2.11. The maximum absolute atomic E-state index is 9.57. The van der Waals surface area contributed by atoms with E-state index in [0.717, 1.165) is 11.3 Å². The molecule has 0 spiro atoms. The van der Waals surface area contributed by atoms with Gasteiger partial charge in [-0.25, -0.2) is 4.68 Å². The van der Waals surface area contributed by atoms with Gasteiger partial charge in [0.15, 0.2) is 0 Å². The fourth-order valence-electron chi connectivity index (χ4n) is 2.63. The molecule has 0 saturated heterocycles. The number of ether oxygens (including phenoxy) is 1. The molecule has 0 fully saturated rings. The van der Waals surface area contributed by atoms with E-state index in [1.807, 2.05) is 61.5 Å². The molecule has 0 aliphatic rings. The third-order valence-electron chi connectivity index (χ3n) is 4.01. The number of hydrogen-bond donors (Lipinski definition) is 1. The highest BCUT2D eigenvalue weighted by Crippen LogP contribution is 2.22. The molecule has 5 heteroatoms. The van der Waals surface area contributed by atoms with Gasteiger partial charge in [-0.3, -0.25) is 0 Å². The summed E-state index contributed by atoms with van der Waals surface area (Å²) in [7, 11) is 0. The number of rotatable bonds is 5. The van der Waals surface area contributed by atoms with E-state index >= 15 is 0 Å². The molecule has 1 atom stereocenters. The number of nitriles is 1. The van der Waals surface area contributed by atoms with E-state index in [4.69, 9.17) is 4.74 Å². The minimum absolute atomic E-state index is 0.229. The predicted molar refractivity (Wildman–Crippen MR) is 94.4 cm³/mol. The first kappa shape index (κ1) is 16.7. The van der Waals surface area contributed by atoms with Crippen LogP contribution in [0.1, 0.15) is 35.5 Å². The van der Waals surface area contributed by atoms with Crippen LogP contribution < -0.4 is 4.74 Å². The summed E-state index contributed by atoms with van der Waals surface area (Å²) in [5, 5.41) is 23.5. The van der Waals surface area contributed by atoms with Crippen molar-refractivity contribution in [2.45, 2.75) is 26.6 Å². The van der Waals surface area contributed by atoms with Crippen LogP contribution in [0, 0.1) is 18.3 Å². The lowest BCUT2D eigenvalue weighted by molar-refractivity contribution is 0.199. The molecule has 0 amide bonds. The molecule has 0 saturated carbocycles. The van der Waals surface area contributed by atoms with Crippen molar-refractivity contribution >= 4 is 0 Å². The van der Waals surface area contributed by atoms with Gasteiger partial charge in [0, 0.05) is 0 Å². The maximum atomic E-state index is 9.57. The Morgan fingerprint density at radius 3 is 2.44 bits per heavy atom. The van der Waals surface area contributed by atoms with Crippen molar-refractivity contribution in [3.05, 3.63) is 77.1 Å². The third-order valence-corrected chi connectivity index (χ3v) is 4.01. The molecule has 3 rings (SSSR count). The summed E-state index contributed by atoms with van der Waals surface area (Å²) in [6, 6.07) is 19.2. The smallest absolute Gasteiger partial charge is 0.132 e. The van der Waals surface area contributed by atoms with Crippen molar-refractivity contribution in [2.24, 2.45) is 0 Å². The molecule has 0 aliphatic heterocycles. The van der Waals surface area contributed by atoms with Gasteiger partial charge in [0.05, 0.1) is 23.2 Å². The lowest BCUT2D eigenvalue weighted by Crippen LogP contribution is -2.07. The predicted octanol–water partition coefficient (Wildman–Crippen LogP) is 3.68. The Balaban J connectivity index is 1.88. The molecule has 126 valence electrons. The second-order valence-corrected chi connectivity index (χ2v) is 5.80. The molecule has 0 aliphatic carbocycles. The van der Waals surface area contributed by atoms with Gasteiger partial charge in [-0.15, -0.1) is 0 Å². The summed E-state index contributed by atoms with van der Waals surface area (Å²) < 4.78 is 7.60. The Morgan fingerprint density at radius 2 is 1.84 bits per heavy atom. The number of aryl methyl sites for hydroxylation is 1. The van der Waals surface area contributed by atoms with Gasteiger partial charge in [-0.2, -0.15) is 10.4 Å². The number of benzene rings is 2. The first-order valence-electron chi connectivity index (χ1n) is 8.05. The fourth-order valence-corrected chi connectivity index (χ4v) is 2.63. The molecule has 1 aromatic heterocycles. The van der Waals surface area contributed by atoms with Crippen molar-refractivity contribution in [3.8, 4) is 17.5 Å². The molecular formula is C20H19N3O2. The minimum atomic E-state index is -0.513. The van der Waals surface area contributed by atoms with Crippen LogP contribution in [0.15, 0.2) is 54.6 Å². The number of aromatic nitrogens is 2. The Morgan fingerprint density at radius 1 is 1.16 bits per heavy atom. The summed E-state index contributed by atoms with van der Waals surface area (Å²) in [6.07, 6.45) is -0.513. The molecule has 2 aromatic carbocycles. The summed E-state index contributed by atoms with van der Waals surface area (Å²) >= 11 is 0. The van der Waals surface area contributed by atoms with E-state index in [0.29, 0.717) is 22.7 Å². The average Bonchev–Trinajstić information content (AvgIpc) is 2.96. The van der Waals surface area contributed by atoms with E-state index in [-0.39, 0.29) is 6.61 Å². The quantitative estimate of drug-likeness (QED) is 0.773. The van der Waals surface area contributed by atoms with Crippen molar-refractivity contribution in [3.63, 3.8) is 0 Å². The highest BCUT2D eigenvalue weighted by atomic mass is 16.5. The summed E-state index contributed by atoms with van der Waals surface area (Å²) in [4.78, 5) is 0. The molecule has 1 heterocycles. The highest BCUT2D eigenvalue weighted by Gasteiger charge is 2.17. The van der Waals surface area contributed by atoms with Crippen LogP contribution >= 0.6 is 0 Å². The monoisotopic (exact) mass is 333 g/mol. The molecule has 3 aromatic rings. The van der Waals surface area contributed by atoms with Gasteiger partial charge in [-0.05, 0) is 43.7 Å². The number of aliphatic hydroxyl groups is 1. The summed E-state index contributed by atoms with van der Waals surface area (Å²) in [5.74, 6) is 0.673. The van der Waals surface area contributed by atoms with Gasteiger partial charge in [-0.1, -0.05) is 30.3 Å². The second kappa shape index (κ2) is 7.20. The third kappa shape index (κ3) is 3.54. The van der Waals surface area contributed by atoms with Crippen LogP contribution in [0.5, 0.6) is 5.75 Å². The van der Waals surface area contributed by atoms with Gasteiger partial charge < -0.3 is 9.84 Å². The number of para-hydroxylation sites is 1. The van der Waals surface area contributed by atoms with E-state index in [1.165, 1.54) is 0 Å². The van der Waals surface area contributed by atoms with Gasteiger partial charge in [0.2, 0.25) is 0 Å². The zero-order valence-electron chi connectivity index (χ0n) is 14.2. The molecule has 1 unspecified atom stereocenters. The van der Waals surface area contributed by atoms with E-state index < -0.39 is 6.10 Å². The Labute approximate surface area is 146 Å². The zero-order chi connectivity index (χ0) is 17.8. The average molecular weight is 333 g/mol. The standard InChI is InChI=1S/C20H19N3O2/c1-14-19(12-21)20(23(22-14)17-6-4-3-5-7-17)13-25-18-10-8-16(9-11-18)15(2)24/h3-11,15,24H,13H2,1-2H3. The van der Waals surface area contributed by atoms with E-state index in [9.17, 15) is 10.4 Å². The first-order valence-corrected chi connectivity index (χ1v) is 8.05. The molecule has 0 radical (unpaired) electrons. The first-order chi connectivity index (χ1) is 12.1. The molecular weight excluding hydrogens is 314 g/mol. The largest absolute Gasteiger partial charge is 0.487 e. The Kier molecular flexibility index (Phi) is 4.82. The maximum Gasteiger partial charge on any atom is 0.132 e. The number of hydrogen-bond acceptors (Lipinski definition) is 4. The Hall–Kier alpha value is -3.10. The van der Waals surface area contributed by atoms with Crippen LogP contribution in [0.3, 0.4) is 0 Å². The lowest BCUT2D eigenvalue weighted by atomic mass is 10.1. The summed E-state index contributed by atoms with van der Waals surface area (Å²) in [6.45, 7) is 3.77. The highest BCUT2D eigenvalue weighted by molar-refractivity contribution is 5.43. The fraction of sp³-hybridized carbons (Fsp3) is 0.200. The van der Waals surface area contributed by atoms with Crippen molar-refractivity contribution in [1.82, 2.24) is 9.78 Å². The van der Waals surface area contributed by atoms with Crippen LogP contribution in [0.2, 0.25) is 0 Å². The molecule has 1 N–H and O–H groups in total. The molecule has 0 bridgehead atoms. The van der Waals surface area contributed by atoms with E-state index in [1.54, 1.807) is 11.6 Å². The number of nitrogens with zero attached hydrogens (tertiary/aromatic N) is 3. The Bertz CT molecular complexity index is 891. The van der Waals surface area contributed by atoms with Crippen LogP contribution in [0.4, 0.5) is 0 Å². The molecule has 5 nitrogen and oxygen atoms in total. The second-order valence-electron chi connectivity index (χ2n) is 5.80. The van der Waals surface area contributed by atoms with Gasteiger partial charge in [0.1, 0.15) is 24.0 Å².